The normalized spacial score (nSPS) is 38.5. The van der Waals surface area contributed by atoms with Crippen LogP contribution in [0.5, 0.6) is 5.75 Å². The highest BCUT2D eigenvalue weighted by Gasteiger charge is 2.61. The van der Waals surface area contributed by atoms with E-state index < -0.39 is 0 Å². The van der Waals surface area contributed by atoms with E-state index in [0.717, 1.165) is 17.4 Å². The second-order valence-corrected chi connectivity index (χ2v) is 6.65. The van der Waals surface area contributed by atoms with Gasteiger partial charge in [0.1, 0.15) is 5.75 Å². The maximum atomic E-state index is 10.2. The van der Waals surface area contributed by atoms with Gasteiger partial charge < -0.3 is 5.11 Å². The van der Waals surface area contributed by atoms with Crippen LogP contribution in [0.1, 0.15) is 45.6 Å². The molecule has 2 aliphatic rings. The summed E-state index contributed by atoms with van der Waals surface area (Å²) >= 11 is 0. The molecular formula is C16H22O. The SMILES string of the molecule is CC1(C)[C@@H]2CC[C@@H](C2)[C@]1(C)c1ccccc1O. The first-order valence-corrected chi connectivity index (χ1v) is 6.76. The lowest BCUT2D eigenvalue weighted by molar-refractivity contribution is 0.0926. The molecule has 1 aromatic rings. The van der Waals surface area contributed by atoms with Gasteiger partial charge in [0.25, 0.3) is 0 Å². The molecule has 0 aliphatic heterocycles. The lowest BCUT2D eigenvalue weighted by Gasteiger charge is -2.48. The predicted molar refractivity (Wildman–Crippen MR) is 70.1 cm³/mol. The van der Waals surface area contributed by atoms with Gasteiger partial charge in [-0.3, -0.25) is 0 Å². The number of fused-ring (bicyclic) bond motifs is 2. The highest BCUT2D eigenvalue weighted by molar-refractivity contribution is 5.42. The fourth-order valence-corrected chi connectivity index (χ4v) is 4.59. The van der Waals surface area contributed by atoms with Gasteiger partial charge in [-0.05, 0) is 42.6 Å². The molecule has 2 fully saturated rings. The van der Waals surface area contributed by atoms with Crippen molar-refractivity contribution in [1.29, 1.82) is 0 Å². The Morgan fingerprint density at radius 3 is 2.29 bits per heavy atom. The third kappa shape index (κ3) is 1.20. The van der Waals surface area contributed by atoms with E-state index in [-0.39, 0.29) is 5.41 Å². The van der Waals surface area contributed by atoms with Crippen LogP contribution in [-0.4, -0.2) is 5.11 Å². The molecule has 0 radical (unpaired) electrons. The van der Waals surface area contributed by atoms with E-state index in [1.54, 1.807) is 0 Å². The lowest BCUT2D eigenvalue weighted by atomic mass is 9.56. The van der Waals surface area contributed by atoms with Crippen molar-refractivity contribution in [3.63, 3.8) is 0 Å². The van der Waals surface area contributed by atoms with Gasteiger partial charge >= 0.3 is 0 Å². The molecule has 1 nitrogen and oxygen atoms in total. The molecule has 1 aromatic carbocycles. The molecule has 2 aliphatic carbocycles. The first-order chi connectivity index (χ1) is 7.98. The summed E-state index contributed by atoms with van der Waals surface area (Å²) in [6.07, 6.45) is 4.05. The highest BCUT2D eigenvalue weighted by atomic mass is 16.3. The predicted octanol–water partition coefficient (Wildman–Crippen LogP) is 4.11. The molecule has 0 saturated heterocycles. The molecule has 0 aromatic heterocycles. The van der Waals surface area contributed by atoms with Gasteiger partial charge in [0, 0.05) is 11.0 Å². The third-order valence-electron chi connectivity index (χ3n) is 6.07. The average Bonchev–Trinajstić information content (AvgIpc) is 2.83. The Bertz CT molecular complexity index is 449. The smallest absolute Gasteiger partial charge is 0.119 e. The molecule has 3 atom stereocenters. The monoisotopic (exact) mass is 230 g/mol. The zero-order valence-electron chi connectivity index (χ0n) is 11.0. The summed E-state index contributed by atoms with van der Waals surface area (Å²) in [6, 6.07) is 7.94. The number of rotatable bonds is 1. The first kappa shape index (κ1) is 11.1. The summed E-state index contributed by atoms with van der Waals surface area (Å²) in [5, 5.41) is 10.2. The fourth-order valence-electron chi connectivity index (χ4n) is 4.59. The Morgan fingerprint density at radius 1 is 1.06 bits per heavy atom. The molecule has 1 heteroatoms. The minimum Gasteiger partial charge on any atom is -0.508 e. The van der Waals surface area contributed by atoms with Crippen LogP contribution in [-0.2, 0) is 5.41 Å². The van der Waals surface area contributed by atoms with E-state index >= 15 is 0 Å². The number of para-hydroxylation sites is 1. The molecule has 2 bridgehead atoms. The Morgan fingerprint density at radius 2 is 1.71 bits per heavy atom. The summed E-state index contributed by atoms with van der Waals surface area (Å²) in [5.74, 6) is 2.06. The standard InChI is InChI=1S/C16H22O/c1-15(2)11-8-9-12(10-11)16(15,3)13-6-4-5-7-14(13)17/h4-7,11-12,17H,8-10H2,1-3H3/t11-,12+,16-/m1/s1. The topological polar surface area (TPSA) is 20.2 Å². The Kier molecular flexibility index (Phi) is 2.14. The van der Waals surface area contributed by atoms with Crippen LogP contribution in [0.15, 0.2) is 24.3 Å². The van der Waals surface area contributed by atoms with Gasteiger partial charge in [0.2, 0.25) is 0 Å². The van der Waals surface area contributed by atoms with Crippen molar-refractivity contribution in [2.24, 2.45) is 17.3 Å². The number of phenolic OH excluding ortho intramolecular Hbond substituents is 1. The van der Waals surface area contributed by atoms with Crippen LogP contribution in [0.25, 0.3) is 0 Å². The second kappa shape index (κ2) is 3.28. The quantitative estimate of drug-likeness (QED) is 0.770. The van der Waals surface area contributed by atoms with Gasteiger partial charge in [0.15, 0.2) is 0 Å². The molecule has 3 rings (SSSR count). The molecule has 0 heterocycles. The number of hydrogen-bond acceptors (Lipinski definition) is 1. The van der Waals surface area contributed by atoms with E-state index in [0.29, 0.717) is 11.2 Å². The summed E-state index contributed by atoms with van der Waals surface area (Å²) in [6.45, 7) is 7.15. The minimum atomic E-state index is 0.140. The van der Waals surface area contributed by atoms with Crippen LogP contribution >= 0.6 is 0 Å². The zero-order chi connectivity index (χ0) is 12.3. The van der Waals surface area contributed by atoms with Crippen molar-refractivity contribution in [2.75, 3.05) is 0 Å². The van der Waals surface area contributed by atoms with Gasteiger partial charge in [-0.1, -0.05) is 39.0 Å². The number of hydrogen-bond donors (Lipinski definition) is 1. The van der Waals surface area contributed by atoms with Crippen LogP contribution in [0.3, 0.4) is 0 Å². The van der Waals surface area contributed by atoms with Gasteiger partial charge in [0.05, 0.1) is 0 Å². The van der Waals surface area contributed by atoms with Crippen molar-refractivity contribution in [3.8, 4) is 5.75 Å². The minimum absolute atomic E-state index is 0.140. The van der Waals surface area contributed by atoms with Gasteiger partial charge in [-0.15, -0.1) is 0 Å². The summed E-state index contributed by atoms with van der Waals surface area (Å²) in [5.41, 5.74) is 1.60. The van der Waals surface area contributed by atoms with E-state index in [4.69, 9.17) is 0 Å². The zero-order valence-corrected chi connectivity index (χ0v) is 11.0. The van der Waals surface area contributed by atoms with Crippen molar-refractivity contribution in [3.05, 3.63) is 29.8 Å². The van der Waals surface area contributed by atoms with E-state index in [1.807, 2.05) is 12.1 Å². The van der Waals surface area contributed by atoms with E-state index in [1.165, 1.54) is 19.3 Å². The Hall–Kier alpha value is -0.980. The number of benzene rings is 1. The first-order valence-electron chi connectivity index (χ1n) is 6.76. The lowest BCUT2D eigenvalue weighted by Crippen LogP contribution is -2.44. The number of aromatic hydroxyl groups is 1. The van der Waals surface area contributed by atoms with Crippen molar-refractivity contribution in [1.82, 2.24) is 0 Å². The molecule has 0 spiro atoms. The van der Waals surface area contributed by atoms with Gasteiger partial charge in [-0.2, -0.15) is 0 Å². The summed E-state index contributed by atoms with van der Waals surface area (Å²) < 4.78 is 0. The highest BCUT2D eigenvalue weighted by Crippen LogP contribution is 2.67. The molecule has 0 unspecified atom stereocenters. The second-order valence-electron chi connectivity index (χ2n) is 6.65. The molecule has 2 saturated carbocycles. The molecule has 17 heavy (non-hydrogen) atoms. The summed E-state index contributed by atoms with van der Waals surface area (Å²) in [4.78, 5) is 0. The molecule has 1 N–H and O–H groups in total. The Balaban J connectivity index is 2.16. The van der Waals surface area contributed by atoms with E-state index in [2.05, 4.69) is 32.9 Å². The fraction of sp³-hybridized carbons (Fsp3) is 0.625. The Labute approximate surface area is 104 Å². The largest absolute Gasteiger partial charge is 0.508 e. The van der Waals surface area contributed by atoms with E-state index in [9.17, 15) is 5.11 Å². The van der Waals surface area contributed by atoms with Crippen LogP contribution in [0.2, 0.25) is 0 Å². The average molecular weight is 230 g/mol. The number of phenols is 1. The summed E-state index contributed by atoms with van der Waals surface area (Å²) in [7, 11) is 0. The third-order valence-corrected chi connectivity index (χ3v) is 6.07. The van der Waals surface area contributed by atoms with Crippen LogP contribution in [0, 0.1) is 17.3 Å². The van der Waals surface area contributed by atoms with Gasteiger partial charge in [-0.25, -0.2) is 0 Å². The van der Waals surface area contributed by atoms with Crippen molar-refractivity contribution in [2.45, 2.75) is 45.4 Å². The maximum Gasteiger partial charge on any atom is 0.119 e. The van der Waals surface area contributed by atoms with Crippen molar-refractivity contribution >= 4 is 0 Å². The van der Waals surface area contributed by atoms with Crippen LogP contribution < -0.4 is 0 Å². The van der Waals surface area contributed by atoms with Crippen LogP contribution in [0.4, 0.5) is 0 Å². The van der Waals surface area contributed by atoms with Crippen molar-refractivity contribution < 1.29 is 5.11 Å². The molecular weight excluding hydrogens is 208 g/mol. The molecule has 92 valence electrons. The maximum absolute atomic E-state index is 10.2. The molecule has 0 amide bonds.